The topological polar surface area (TPSA) is 12.0 Å². The molecular formula is C13H25N. The van der Waals surface area contributed by atoms with Gasteiger partial charge in [0, 0.05) is 12.6 Å². The summed E-state index contributed by atoms with van der Waals surface area (Å²) in [6, 6.07) is 0.708. The molecule has 0 radical (unpaired) electrons. The molecule has 0 heterocycles. The summed E-state index contributed by atoms with van der Waals surface area (Å²) in [7, 11) is 0. The number of hydrogen-bond donors (Lipinski definition) is 1. The molecule has 14 heavy (non-hydrogen) atoms. The van der Waals surface area contributed by atoms with Gasteiger partial charge in [0.2, 0.25) is 0 Å². The van der Waals surface area contributed by atoms with E-state index in [2.05, 4.69) is 39.6 Å². The molecule has 0 saturated heterocycles. The SMILES string of the molecule is C=C(C)CNC1CCC(C)(C)CC1C. The summed E-state index contributed by atoms with van der Waals surface area (Å²) in [5, 5.41) is 3.61. The molecule has 1 heteroatoms. The Morgan fingerprint density at radius 2 is 2.14 bits per heavy atom. The maximum absolute atomic E-state index is 3.93. The average molecular weight is 195 g/mol. The summed E-state index contributed by atoms with van der Waals surface area (Å²) in [4.78, 5) is 0. The molecule has 1 aliphatic carbocycles. The van der Waals surface area contributed by atoms with E-state index in [-0.39, 0.29) is 0 Å². The van der Waals surface area contributed by atoms with Gasteiger partial charge >= 0.3 is 0 Å². The minimum atomic E-state index is 0.556. The first-order valence-corrected chi connectivity index (χ1v) is 5.78. The van der Waals surface area contributed by atoms with Gasteiger partial charge in [0.25, 0.3) is 0 Å². The molecular weight excluding hydrogens is 170 g/mol. The first-order valence-electron chi connectivity index (χ1n) is 5.78. The van der Waals surface area contributed by atoms with E-state index >= 15 is 0 Å². The molecule has 1 rings (SSSR count). The summed E-state index contributed by atoms with van der Waals surface area (Å²) in [5.41, 5.74) is 1.79. The average Bonchev–Trinajstić information content (AvgIpc) is 2.00. The zero-order valence-corrected chi connectivity index (χ0v) is 10.2. The van der Waals surface area contributed by atoms with Gasteiger partial charge in [-0.3, -0.25) is 0 Å². The molecule has 1 saturated carbocycles. The lowest BCUT2D eigenvalue weighted by molar-refractivity contribution is 0.151. The third-order valence-corrected chi connectivity index (χ3v) is 3.36. The van der Waals surface area contributed by atoms with Crippen molar-refractivity contribution in [2.45, 2.75) is 53.0 Å². The van der Waals surface area contributed by atoms with E-state index < -0.39 is 0 Å². The standard InChI is InChI=1S/C13H25N/c1-10(2)9-14-12-6-7-13(4,5)8-11(12)3/h11-12,14H,1,6-9H2,2-5H3. The third kappa shape index (κ3) is 3.45. The molecule has 2 unspecified atom stereocenters. The Hall–Kier alpha value is -0.300. The van der Waals surface area contributed by atoms with Gasteiger partial charge in [-0.15, -0.1) is 0 Å². The van der Waals surface area contributed by atoms with Crippen molar-refractivity contribution in [3.05, 3.63) is 12.2 Å². The predicted molar refractivity (Wildman–Crippen MR) is 63.4 cm³/mol. The Morgan fingerprint density at radius 1 is 1.50 bits per heavy atom. The summed E-state index contributed by atoms with van der Waals surface area (Å²) in [6.07, 6.45) is 4.02. The molecule has 1 fully saturated rings. The van der Waals surface area contributed by atoms with Gasteiger partial charge < -0.3 is 5.32 Å². The van der Waals surface area contributed by atoms with Gasteiger partial charge in [-0.2, -0.15) is 0 Å². The van der Waals surface area contributed by atoms with E-state index in [1.54, 1.807) is 0 Å². The van der Waals surface area contributed by atoms with Crippen molar-refractivity contribution < 1.29 is 0 Å². The summed E-state index contributed by atoms with van der Waals surface area (Å²) < 4.78 is 0. The minimum Gasteiger partial charge on any atom is -0.310 e. The largest absolute Gasteiger partial charge is 0.310 e. The van der Waals surface area contributed by atoms with E-state index in [1.807, 2.05) is 0 Å². The molecule has 0 bridgehead atoms. The lowest BCUT2D eigenvalue weighted by Gasteiger charge is -2.39. The van der Waals surface area contributed by atoms with Crippen LogP contribution in [-0.2, 0) is 0 Å². The monoisotopic (exact) mass is 195 g/mol. The van der Waals surface area contributed by atoms with E-state index in [0.29, 0.717) is 11.5 Å². The van der Waals surface area contributed by atoms with Gasteiger partial charge in [-0.25, -0.2) is 0 Å². The number of nitrogens with one attached hydrogen (secondary N) is 1. The first-order chi connectivity index (χ1) is 6.41. The number of hydrogen-bond acceptors (Lipinski definition) is 1. The summed E-state index contributed by atoms with van der Waals surface area (Å²) in [5.74, 6) is 0.804. The summed E-state index contributed by atoms with van der Waals surface area (Å²) >= 11 is 0. The second-order valence-corrected chi connectivity index (χ2v) is 5.83. The van der Waals surface area contributed by atoms with Gasteiger partial charge in [0.05, 0.1) is 0 Å². The maximum atomic E-state index is 3.93. The van der Waals surface area contributed by atoms with Crippen LogP contribution in [0.5, 0.6) is 0 Å². The van der Waals surface area contributed by atoms with Crippen LogP contribution in [0.1, 0.15) is 47.0 Å². The van der Waals surface area contributed by atoms with Crippen LogP contribution in [-0.4, -0.2) is 12.6 Å². The zero-order valence-electron chi connectivity index (χ0n) is 10.2. The Balaban J connectivity index is 2.38. The highest BCUT2D eigenvalue weighted by atomic mass is 14.9. The van der Waals surface area contributed by atoms with Crippen LogP contribution >= 0.6 is 0 Å². The van der Waals surface area contributed by atoms with Gasteiger partial charge in [-0.1, -0.05) is 32.9 Å². The van der Waals surface area contributed by atoms with Crippen LogP contribution in [0.2, 0.25) is 0 Å². The van der Waals surface area contributed by atoms with E-state index in [9.17, 15) is 0 Å². The minimum absolute atomic E-state index is 0.556. The quantitative estimate of drug-likeness (QED) is 0.681. The van der Waals surface area contributed by atoms with Crippen molar-refractivity contribution in [3.8, 4) is 0 Å². The van der Waals surface area contributed by atoms with Gasteiger partial charge in [0.15, 0.2) is 0 Å². The Kier molecular flexibility index (Phi) is 3.77. The third-order valence-electron chi connectivity index (χ3n) is 3.36. The molecule has 1 nitrogen and oxygen atoms in total. The van der Waals surface area contributed by atoms with Crippen LogP contribution < -0.4 is 5.32 Å². The molecule has 2 atom stereocenters. The highest BCUT2D eigenvalue weighted by molar-refractivity contribution is 4.94. The van der Waals surface area contributed by atoms with Crippen molar-refractivity contribution in [2.75, 3.05) is 6.54 Å². The fourth-order valence-electron chi connectivity index (χ4n) is 2.56. The lowest BCUT2D eigenvalue weighted by Crippen LogP contribution is -2.42. The van der Waals surface area contributed by atoms with Gasteiger partial charge in [-0.05, 0) is 37.5 Å². The molecule has 0 aromatic rings. The molecule has 82 valence electrons. The smallest absolute Gasteiger partial charge is 0.0161 e. The second kappa shape index (κ2) is 4.48. The fraction of sp³-hybridized carbons (Fsp3) is 0.846. The van der Waals surface area contributed by atoms with Crippen LogP contribution in [0.4, 0.5) is 0 Å². The fourth-order valence-corrected chi connectivity index (χ4v) is 2.56. The van der Waals surface area contributed by atoms with Crippen molar-refractivity contribution in [2.24, 2.45) is 11.3 Å². The lowest BCUT2D eigenvalue weighted by atomic mass is 9.70. The molecule has 0 spiro atoms. The predicted octanol–water partition coefficient (Wildman–Crippen LogP) is 3.37. The van der Waals surface area contributed by atoms with Crippen molar-refractivity contribution in [1.82, 2.24) is 5.32 Å². The first kappa shape index (κ1) is 11.8. The van der Waals surface area contributed by atoms with Gasteiger partial charge in [0.1, 0.15) is 0 Å². The summed E-state index contributed by atoms with van der Waals surface area (Å²) in [6.45, 7) is 14.1. The molecule has 0 amide bonds. The zero-order chi connectivity index (χ0) is 10.8. The maximum Gasteiger partial charge on any atom is 0.0161 e. The molecule has 0 aliphatic heterocycles. The highest BCUT2D eigenvalue weighted by Gasteiger charge is 2.31. The molecule has 1 N–H and O–H groups in total. The Bertz CT molecular complexity index is 205. The Labute approximate surface area is 89.0 Å². The van der Waals surface area contributed by atoms with Crippen LogP contribution in [0.3, 0.4) is 0 Å². The normalized spacial score (nSPS) is 31.4. The van der Waals surface area contributed by atoms with E-state index in [4.69, 9.17) is 0 Å². The second-order valence-electron chi connectivity index (χ2n) is 5.83. The molecule has 0 aromatic heterocycles. The van der Waals surface area contributed by atoms with Crippen LogP contribution in [0.15, 0.2) is 12.2 Å². The molecule has 0 aromatic carbocycles. The van der Waals surface area contributed by atoms with Crippen LogP contribution in [0.25, 0.3) is 0 Å². The van der Waals surface area contributed by atoms with Crippen molar-refractivity contribution in [1.29, 1.82) is 0 Å². The molecule has 1 aliphatic rings. The van der Waals surface area contributed by atoms with E-state index in [0.717, 1.165) is 12.5 Å². The number of rotatable bonds is 3. The van der Waals surface area contributed by atoms with E-state index in [1.165, 1.54) is 24.8 Å². The Morgan fingerprint density at radius 3 is 2.64 bits per heavy atom. The van der Waals surface area contributed by atoms with Crippen molar-refractivity contribution in [3.63, 3.8) is 0 Å². The van der Waals surface area contributed by atoms with Crippen molar-refractivity contribution >= 4 is 0 Å². The highest BCUT2D eigenvalue weighted by Crippen LogP contribution is 2.38. The van der Waals surface area contributed by atoms with Crippen LogP contribution in [0, 0.1) is 11.3 Å².